The van der Waals surface area contributed by atoms with Gasteiger partial charge >= 0.3 is 0 Å². The number of aromatic nitrogens is 12. The molecule has 652 valence electrons. The molecule has 0 aliphatic rings. The van der Waals surface area contributed by atoms with E-state index in [1.807, 2.05) is 342 Å². The minimum atomic E-state index is 0. The van der Waals surface area contributed by atoms with Gasteiger partial charge in [0.2, 0.25) is 5.71 Å². The molecular formula is C112H76Ir4N12O4-8. The van der Waals surface area contributed by atoms with Crippen molar-refractivity contribution in [3.63, 3.8) is 0 Å². The van der Waals surface area contributed by atoms with Crippen molar-refractivity contribution in [1.29, 1.82) is 0 Å². The van der Waals surface area contributed by atoms with Crippen LogP contribution in [-0.4, -0.2) is 59.8 Å². The summed E-state index contributed by atoms with van der Waals surface area (Å²) in [7, 11) is 0. The predicted octanol–water partition coefficient (Wildman–Crippen LogP) is 26.7. The maximum Gasteiger partial charge on any atom is 0.216 e. The maximum atomic E-state index is 5.98. The first-order chi connectivity index (χ1) is 63.3. The molecule has 16 aromatic heterocycles. The molecule has 0 atom stereocenters. The van der Waals surface area contributed by atoms with Gasteiger partial charge in [-0.2, -0.15) is 0 Å². The second kappa shape index (κ2) is 47.6. The number of aryl methyl sites for hydroxylation is 3. The minimum Gasteiger partial charge on any atom is -0.499 e. The van der Waals surface area contributed by atoms with Crippen LogP contribution in [0.5, 0.6) is 0 Å². The van der Waals surface area contributed by atoms with Crippen molar-refractivity contribution in [3.8, 4) is 90.1 Å². The van der Waals surface area contributed by atoms with Gasteiger partial charge < -0.3 is 57.5 Å². The fourth-order valence-electron chi connectivity index (χ4n) is 14.0. The monoisotopic (exact) mass is 2420 g/mol. The van der Waals surface area contributed by atoms with Crippen molar-refractivity contribution in [1.82, 2.24) is 59.8 Å². The summed E-state index contributed by atoms with van der Waals surface area (Å²) in [6, 6.07) is 131. The molecule has 0 spiro atoms. The smallest absolute Gasteiger partial charge is 0.216 e. The van der Waals surface area contributed by atoms with Crippen LogP contribution in [0.3, 0.4) is 0 Å². The fraction of sp³-hybridized carbons (Fsp3) is 0.0357. The van der Waals surface area contributed by atoms with Gasteiger partial charge in [-0.25, -0.2) is 4.98 Å². The zero-order valence-electron chi connectivity index (χ0n) is 71.1. The predicted molar refractivity (Wildman–Crippen MR) is 507 cm³/mol. The number of fused-ring (bicyclic) bond motifs is 12. The molecule has 0 bridgehead atoms. The Hall–Kier alpha value is -14.6. The molecule has 0 N–H and O–H groups in total. The van der Waals surface area contributed by atoms with Gasteiger partial charge in [0.05, 0.1) is 38.9 Å². The summed E-state index contributed by atoms with van der Waals surface area (Å²) in [6.07, 6.45) is 20.6. The summed E-state index contributed by atoms with van der Waals surface area (Å²) in [6.45, 7) is 6.17. The number of hydrogen-bond acceptors (Lipinski definition) is 16. The molecule has 8 aromatic carbocycles. The third-order valence-electron chi connectivity index (χ3n) is 20.1. The molecule has 20 heteroatoms. The van der Waals surface area contributed by atoms with E-state index in [9.17, 15) is 0 Å². The van der Waals surface area contributed by atoms with Gasteiger partial charge in [-0.15, -0.1) is 216 Å². The maximum absolute atomic E-state index is 5.98. The van der Waals surface area contributed by atoms with Crippen LogP contribution in [-0.2, 0) is 86.8 Å². The van der Waals surface area contributed by atoms with Gasteiger partial charge in [-0.1, -0.05) is 131 Å². The van der Waals surface area contributed by atoms with Crippen LogP contribution >= 0.6 is 0 Å². The second-order valence-electron chi connectivity index (χ2n) is 28.7. The van der Waals surface area contributed by atoms with E-state index in [1.165, 1.54) is 5.56 Å². The normalized spacial score (nSPS) is 10.3. The van der Waals surface area contributed by atoms with Crippen LogP contribution in [0.25, 0.3) is 178 Å². The summed E-state index contributed by atoms with van der Waals surface area (Å²) in [5.41, 5.74) is 27.3. The summed E-state index contributed by atoms with van der Waals surface area (Å²) < 4.78 is 23.7. The Labute approximate surface area is 817 Å². The zero-order chi connectivity index (χ0) is 86.8. The van der Waals surface area contributed by atoms with Crippen LogP contribution in [0.2, 0.25) is 0 Å². The van der Waals surface area contributed by atoms with E-state index in [2.05, 4.69) is 121 Å². The Bertz CT molecular complexity index is 7270. The first kappa shape index (κ1) is 95.0. The van der Waals surface area contributed by atoms with E-state index in [0.29, 0.717) is 5.71 Å². The van der Waals surface area contributed by atoms with E-state index >= 15 is 0 Å². The van der Waals surface area contributed by atoms with Crippen molar-refractivity contribution < 1.29 is 98.1 Å². The van der Waals surface area contributed by atoms with Crippen LogP contribution in [0.4, 0.5) is 0 Å². The molecule has 0 aliphatic carbocycles. The average Bonchev–Trinajstić information content (AvgIpc) is 1.63. The Balaban J connectivity index is 0.000000129. The number of rotatable bonds is 9. The van der Waals surface area contributed by atoms with E-state index < -0.39 is 0 Å². The summed E-state index contributed by atoms with van der Waals surface area (Å²) in [4.78, 5) is 52.1. The van der Waals surface area contributed by atoms with E-state index in [4.69, 9.17) is 17.7 Å². The second-order valence-corrected chi connectivity index (χ2v) is 28.7. The quantitative estimate of drug-likeness (QED) is 0.123. The van der Waals surface area contributed by atoms with Crippen molar-refractivity contribution >= 4 is 88.3 Å². The van der Waals surface area contributed by atoms with Gasteiger partial charge in [0.25, 0.3) is 0 Å². The van der Waals surface area contributed by atoms with Crippen molar-refractivity contribution in [3.05, 3.63) is 461 Å². The zero-order valence-corrected chi connectivity index (χ0v) is 80.6. The molecule has 24 aromatic rings. The molecule has 132 heavy (non-hydrogen) atoms. The van der Waals surface area contributed by atoms with Crippen LogP contribution in [0.15, 0.2) is 413 Å². The van der Waals surface area contributed by atoms with Crippen molar-refractivity contribution in [2.45, 2.75) is 27.2 Å². The van der Waals surface area contributed by atoms with Crippen LogP contribution < -0.4 is 0 Å². The summed E-state index contributed by atoms with van der Waals surface area (Å²) in [5, 5.41) is 5.06. The average molecular weight is 2420 g/mol. The van der Waals surface area contributed by atoms with E-state index in [0.717, 1.165) is 190 Å². The molecule has 16 nitrogen and oxygen atoms in total. The van der Waals surface area contributed by atoms with Gasteiger partial charge in [0.15, 0.2) is 0 Å². The number of pyridine rings is 12. The first-order valence-corrected chi connectivity index (χ1v) is 41.3. The molecule has 0 saturated carbocycles. The third kappa shape index (κ3) is 23.5. The Kier molecular flexibility index (Phi) is 34.2. The van der Waals surface area contributed by atoms with Crippen LogP contribution in [0, 0.1) is 62.4 Å². The van der Waals surface area contributed by atoms with Gasteiger partial charge in [-0.05, 0) is 179 Å². The molecule has 0 saturated heterocycles. The fourth-order valence-corrected chi connectivity index (χ4v) is 14.0. The number of hydrogen-bond donors (Lipinski definition) is 0. The standard InChI is InChI=1S/C18H13N2O.C17H11N2O.2C16H9N2O.C12H10N.3C11H8N.4Ir/c1-2-12-8-10-19-15(11-12)13-5-3-6-14-17-16(21-18(13)14)7-4-9-20-17;1-11-7-9-18-14(10-11)12-4-2-5-13-16-15(20-17(12)13)6-3-8-19-16;1-2-9-17-14(8-1)13-6-3-5-11-12-7-4-10-18-16(12)19-15(11)13;1-2-9-17-13(7-1)11-5-3-6-12-15-14(19-16(11)12)8-4-10-18-15;1-10-6-5-9-12(13-10)11-7-3-2-4-8-11;3*1-2-6-10(7-3-1)11-8-4-5-9-12-11;;;;/h3-4,6-11H,2H2,1H3;2-3,5-10H,1H3;1-5,7-10H;1-4,6-10H;2-7,9H,1H3;3*1-6,8-9H;;;;/q8*-1;;;;. The third-order valence-corrected chi connectivity index (χ3v) is 20.1. The first-order valence-electron chi connectivity index (χ1n) is 41.3. The summed E-state index contributed by atoms with van der Waals surface area (Å²) >= 11 is 0. The molecule has 0 fully saturated rings. The van der Waals surface area contributed by atoms with Gasteiger partial charge in [0, 0.05) is 160 Å². The molecule has 0 aliphatic heterocycles. The van der Waals surface area contributed by atoms with E-state index in [-0.39, 0.29) is 80.4 Å². The Morgan fingerprint density at radius 1 is 0.235 bits per heavy atom. The molecule has 4 radical (unpaired) electrons. The molecule has 24 rings (SSSR count). The number of benzene rings is 8. The number of furan rings is 4. The molecular weight excluding hydrogens is 2350 g/mol. The van der Waals surface area contributed by atoms with E-state index in [1.54, 1.807) is 62.0 Å². The molecule has 0 unspecified atom stereocenters. The molecule has 0 amide bonds. The topological polar surface area (TPSA) is 207 Å². The Morgan fingerprint density at radius 2 is 0.568 bits per heavy atom. The van der Waals surface area contributed by atoms with Gasteiger partial charge in [0.1, 0.15) is 16.7 Å². The Morgan fingerprint density at radius 3 is 0.947 bits per heavy atom. The van der Waals surface area contributed by atoms with Crippen molar-refractivity contribution in [2.24, 2.45) is 0 Å². The SMILES string of the molecule is CCc1ccnc(-c2[c-]ccc3c2oc2cccnc23)c1.Cc1cccc(-c2[c-]cccc2)n1.Cc1ccnc(-c2[c-]ccc3c2oc2cccnc23)c1.[Ir].[Ir].[Ir].[Ir].[c-]1ccc2c(oc3cccnc32)c1-c1ccccn1.[c-]1ccc2c(oc3ncccc32)c1-c1ccccn1.[c-]1ccccc1-c1ccccn1.[c-]1ccccc1-c1ccccn1.[c-]1ccccc1-c1ccccn1. The van der Waals surface area contributed by atoms with Crippen LogP contribution in [0.1, 0.15) is 23.7 Å². The van der Waals surface area contributed by atoms with Gasteiger partial charge in [-0.3, -0.25) is 15.0 Å². The summed E-state index contributed by atoms with van der Waals surface area (Å²) in [5.74, 6) is 0. The largest absolute Gasteiger partial charge is 0.499 e. The molecule has 16 heterocycles. The minimum absolute atomic E-state index is 0. The van der Waals surface area contributed by atoms with Crippen molar-refractivity contribution in [2.75, 3.05) is 0 Å². The number of nitrogens with zero attached hydrogens (tertiary/aromatic N) is 12.